The molecule has 126 valence electrons. The maximum atomic E-state index is 12.3. The van der Waals surface area contributed by atoms with Crippen LogP contribution in [0.2, 0.25) is 0 Å². The quantitative estimate of drug-likeness (QED) is 0.839. The first kappa shape index (κ1) is 15.5. The van der Waals surface area contributed by atoms with Gasteiger partial charge in [-0.2, -0.15) is 0 Å². The van der Waals surface area contributed by atoms with Crippen LogP contribution in [0.3, 0.4) is 0 Å². The standard InChI is InChI=1S/C19H28N2OS/c1-12(5-16-3-2-4-23-16)11-20-19(22)21-18-10-14-6-13-7-15(8-14)17(18)9-13/h2-4,12-15,17-18H,5-11H2,1H3,(H2,20,21,22). The molecule has 6 unspecified atom stereocenters. The van der Waals surface area contributed by atoms with Gasteiger partial charge in [-0.1, -0.05) is 13.0 Å². The van der Waals surface area contributed by atoms with E-state index in [1.807, 2.05) is 0 Å². The molecule has 1 heterocycles. The second-order valence-electron chi connectivity index (χ2n) is 8.18. The van der Waals surface area contributed by atoms with Crippen molar-refractivity contribution < 1.29 is 4.79 Å². The highest BCUT2D eigenvalue weighted by molar-refractivity contribution is 7.09. The largest absolute Gasteiger partial charge is 0.338 e. The lowest BCUT2D eigenvalue weighted by molar-refractivity contribution is 0.139. The highest BCUT2D eigenvalue weighted by atomic mass is 32.1. The summed E-state index contributed by atoms with van der Waals surface area (Å²) in [6.45, 7) is 2.97. The summed E-state index contributed by atoms with van der Waals surface area (Å²) in [6, 6.07) is 4.76. The molecule has 2 N–H and O–H groups in total. The average Bonchev–Trinajstić information content (AvgIpc) is 3.09. The van der Waals surface area contributed by atoms with E-state index in [4.69, 9.17) is 0 Å². The third kappa shape index (κ3) is 3.42. The van der Waals surface area contributed by atoms with Crippen molar-refractivity contribution in [3.8, 4) is 0 Å². The van der Waals surface area contributed by atoms with Gasteiger partial charge in [0.2, 0.25) is 0 Å². The van der Waals surface area contributed by atoms with E-state index >= 15 is 0 Å². The van der Waals surface area contributed by atoms with Gasteiger partial charge in [0.25, 0.3) is 0 Å². The molecule has 3 fully saturated rings. The van der Waals surface area contributed by atoms with Crippen molar-refractivity contribution in [3.05, 3.63) is 22.4 Å². The minimum absolute atomic E-state index is 0.0535. The van der Waals surface area contributed by atoms with Crippen molar-refractivity contribution in [3.63, 3.8) is 0 Å². The third-order valence-corrected chi connectivity index (χ3v) is 7.21. The number of thiophene rings is 1. The molecule has 0 aliphatic heterocycles. The Kier molecular flexibility index (Phi) is 4.35. The highest BCUT2D eigenvalue weighted by Gasteiger charge is 2.49. The van der Waals surface area contributed by atoms with Gasteiger partial charge in [0.1, 0.15) is 0 Å². The van der Waals surface area contributed by atoms with Crippen molar-refractivity contribution in [1.29, 1.82) is 0 Å². The molecule has 3 saturated carbocycles. The molecular weight excluding hydrogens is 304 g/mol. The van der Waals surface area contributed by atoms with Gasteiger partial charge in [-0.05, 0) is 79.6 Å². The average molecular weight is 333 g/mol. The molecule has 2 amide bonds. The summed E-state index contributed by atoms with van der Waals surface area (Å²) in [5, 5.41) is 8.54. The van der Waals surface area contributed by atoms with Crippen molar-refractivity contribution in [2.75, 3.05) is 6.54 Å². The lowest BCUT2D eigenvalue weighted by atomic mass is 9.70. The Labute approximate surface area is 143 Å². The minimum Gasteiger partial charge on any atom is -0.338 e. The number of amides is 2. The zero-order chi connectivity index (χ0) is 15.8. The van der Waals surface area contributed by atoms with Gasteiger partial charge in [-0.25, -0.2) is 4.79 Å². The number of fused-ring (bicyclic) bond motifs is 2. The summed E-state index contributed by atoms with van der Waals surface area (Å²) < 4.78 is 0. The van der Waals surface area contributed by atoms with Crippen LogP contribution < -0.4 is 10.6 Å². The van der Waals surface area contributed by atoms with Crippen LogP contribution in [0.25, 0.3) is 0 Å². The summed E-state index contributed by atoms with van der Waals surface area (Å²) in [7, 11) is 0. The van der Waals surface area contributed by atoms with Gasteiger partial charge < -0.3 is 10.6 Å². The Morgan fingerprint density at radius 1 is 1.26 bits per heavy atom. The van der Waals surface area contributed by atoms with Crippen LogP contribution in [-0.4, -0.2) is 18.6 Å². The topological polar surface area (TPSA) is 41.1 Å². The smallest absolute Gasteiger partial charge is 0.315 e. The van der Waals surface area contributed by atoms with Crippen LogP contribution in [-0.2, 0) is 6.42 Å². The molecule has 0 radical (unpaired) electrons. The van der Waals surface area contributed by atoms with E-state index in [1.165, 1.54) is 37.0 Å². The van der Waals surface area contributed by atoms with Gasteiger partial charge in [-0.3, -0.25) is 0 Å². The van der Waals surface area contributed by atoms with Crippen molar-refractivity contribution in [1.82, 2.24) is 10.6 Å². The summed E-state index contributed by atoms with van der Waals surface area (Å²) in [5.41, 5.74) is 0. The van der Waals surface area contributed by atoms with Gasteiger partial charge in [0, 0.05) is 17.5 Å². The van der Waals surface area contributed by atoms with Gasteiger partial charge >= 0.3 is 6.03 Å². The first-order valence-corrected chi connectivity index (χ1v) is 10.1. The van der Waals surface area contributed by atoms with E-state index < -0.39 is 0 Å². The molecular formula is C19H28N2OS. The summed E-state index contributed by atoms with van der Waals surface area (Å²) >= 11 is 1.80. The van der Waals surface area contributed by atoms with E-state index in [-0.39, 0.29) is 6.03 Å². The molecule has 3 bridgehead atoms. The van der Waals surface area contributed by atoms with E-state index in [0.29, 0.717) is 12.0 Å². The SMILES string of the molecule is CC(CNC(=O)NC1CC2CC3CC(C2)C1C3)Cc1cccs1. The Balaban J connectivity index is 1.24. The number of carbonyl (C=O) groups is 1. The number of hydrogen-bond acceptors (Lipinski definition) is 2. The van der Waals surface area contributed by atoms with E-state index in [0.717, 1.165) is 36.6 Å². The van der Waals surface area contributed by atoms with Crippen LogP contribution in [0.4, 0.5) is 4.79 Å². The first-order valence-electron chi connectivity index (χ1n) is 9.24. The van der Waals surface area contributed by atoms with E-state index in [1.54, 1.807) is 11.3 Å². The predicted octanol–water partition coefficient (Wildman–Crippen LogP) is 4.05. The molecule has 1 aromatic heterocycles. The second-order valence-corrected chi connectivity index (χ2v) is 9.22. The summed E-state index contributed by atoms with van der Waals surface area (Å²) in [6.07, 6.45) is 7.91. The molecule has 3 nitrogen and oxygen atoms in total. The van der Waals surface area contributed by atoms with Crippen molar-refractivity contribution in [2.45, 2.75) is 51.5 Å². The molecule has 0 saturated heterocycles. The predicted molar refractivity (Wildman–Crippen MR) is 94.6 cm³/mol. The number of carbonyl (C=O) groups excluding carboxylic acids is 1. The molecule has 0 aromatic carbocycles. The van der Waals surface area contributed by atoms with E-state index in [9.17, 15) is 4.79 Å². The normalized spacial score (nSPS) is 36.0. The number of hydrogen-bond donors (Lipinski definition) is 2. The fourth-order valence-electron chi connectivity index (χ4n) is 5.45. The minimum atomic E-state index is 0.0535. The molecule has 1 aromatic rings. The van der Waals surface area contributed by atoms with E-state index in [2.05, 4.69) is 35.1 Å². The molecule has 4 heteroatoms. The maximum Gasteiger partial charge on any atom is 0.315 e. The first-order chi connectivity index (χ1) is 11.2. The van der Waals surface area contributed by atoms with Crippen LogP contribution >= 0.6 is 11.3 Å². The van der Waals surface area contributed by atoms with Gasteiger partial charge in [0.15, 0.2) is 0 Å². The lowest BCUT2D eigenvalue weighted by Crippen LogP contribution is -2.50. The van der Waals surface area contributed by atoms with Crippen molar-refractivity contribution in [2.24, 2.45) is 29.6 Å². The molecule has 4 rings (SSSR count). The molecule has 23 heavy (non-hydrogen) atoms. The fraction of sp³-hybridized carbons (Fsp3) is 0.737. The highest BCUT2D eigenvalue weighted by Crippen LogP contribution is 2.55. The van der Waals surface area contributed by atoms with Crippen LogP contribution in [0, 0.1) is 29.6 Å². The Morgan fingerprint density at radius 2 is 2.09 bits per heavy atom. The van der Waals surface area contributed by atoms with Gasteiger partial charge in [-0.15, -0.1) is 11.3 Å². The number of urea groups is 1. The fourth-order valence-corrected chi connectivity index (χ4v) is 6.32. The lowest BCUT2D eigenvalue weighted by Gasteiger charge is -2.39. The van der Waals surface area contributed by atoms with Crippen LogP contribution in [0.15, 0.2) is 17.5 Å². The maximum absolute atomic E-state index is 12.3. The molecule has 3 aliphatic carbocycles. The molecule has 6 atom stereocenters. The van der Waals surface area contributed by atoms with Crippen LogP contribution in [0.1, 0.15) is 43.9 Å². The molecule has 3 aliphatic rings. The van der Waals surface area contributed by atoms with Crippen LogP contribution in [0.5, 0.6) is 0 Å². The summed E-state index contributed by atoms with van der Waals surface area (Å²) in [4.78, 5) is 13.7. The second kappa shape index (κ2) is 6.46. The zero-order valence-corrected chi connectivity index (χ0v) is 14.8. The Bertz CT molecular complexity index is 542. The van der Waals surface area contributed by atoms with Crippen molar-refractivity contribution >= 4 is 17.4 Å². The number of rotatable bonds is 5. The monoisotopic (exact) mass is 332 g/mol. The third-order valence-electron chi connectivity index (χ3n) is 6.31. The summed E-state index contributed by atoms with van der Waals surface area (Å²) in [5.74, 6) is 3.98. The van der Waals surface area contributed by atoms with Gasteiger partial charge in [0.05, 0.1) is 0 Å². The molecule has 0 spiro atoms. The Hall–Kier alpha value is -1.03. The number of nitrogens with one attached hydrogen (secondary N) is 2. The Morgan fingerprint density at radius 3 is 2.87 bits per heavy atom. The zero-order valence-electron chi connectivity index (χ0n) is 14.0.